The Morgan fingerprint density at radius 3 is 2.43 bits per heavy atom. The first-order valence-electron chi connectivity index (χ1n) is 9.78. The van der Waals surface area contributed by atoms with Crippen molar-refractivity contribution in [2.75, 3.05) is 12.4 Å². The van der Waals surface area contributed by atoms with Gasteiger partial charge in [-0.15, -0.1) is 0 Å². The van der Waals surface area contributed by atoms with Gasteiger partial charge in [-0.3, -0.25) is 0 Å². The van der Waals surface area contributed by atoms with Crippen LogP contribution in [0, 0.1) is 0 Å². The van der Waals surface area contributed by atoms with E-state index in [0.29, 0.717) is 43.7 Å². The topological polar surface area (TPSA) is 122 Å². The third-order valence-corrected chi connectivity index (χ3v) is 6.22. The first kappa shape index (κ1) is 22.1. The Hall–Kier alpha value is -2.62. The lowest BCUT2D eigenvalue weighted by Gasteiger charge is -2.36. The molecule has 2 aromatic carbocycles. The van der Waals surface area contributed by atoms with Gasteiger partial charge in [0.15, 0.2) is 0 Å². The number of amides is 2. The molecule has 0 unspecified atom stereocenters. The number of methoxy groups -OCH3 is 1. The van der Waals surface area contributed by atoms with E-state index in [2.05, 4.69) is 5.32 Å². The van der Waals surface area contributed by atoms with Crippen molar-refractivity contribution in [1.82, 2.24) is 4.90 Å². The van der Waals surface area contributed by atoms with Crippen molar-refractivity contribution in [2.24, 2.45) is 5.14 Å². The van der Waals surface area contributed by atoms with Crippen LogP contribution in [0.2, 0.25) is 0 Å². The number of primary sulfonamides is 1. The standard InChI is InChI=1S/C21H27N3O5S/c1-29-19-4-2-3-15(13-19)14-24(17-7-9-18(25)10-8-17)21(26)23-16-5-11-20(12-6-16)30(22,27)28/h2-6,11-13,17-18,25H,7-10,14H2,1H3,(H,23,26)(H2,22,27,28). The van der Waals surface area contributed by atoms with Gasteiger partial charge in [0.2, 0.25) is 10.0 Å². The monoisotopic (exact) mass is 433 g/mol. The lowest BCUT2D eigenvalue weighted by Crippen LogP contribution is -2.44. The van der Waals surface area contributed by atoms with Crippen LogP contribution in [0.5, 0.6) is 5.75 Å². The Labute approximate surface area is 176 Å². The summed E-state index contributed by atoms with van der Waals surface area (Å²) in [5.74, 6) is 0.713. The Kier molecular flexibility index (Phi) is 6.96. The molecular weight excluding hydrogens is 406 g/mol. The van der Waals surface area contributed by atoms with Gasteiger partial charge >= 0.3 is 6.03 Å². The number of nitrogens with one attached hydrogen (secondary N) is 1. The molecule has 0 aromatic heterocycles. The van der Waals surface area contributed by atoms with E-state index >= 15 is 0 Å². The van der Waals surface area contributed by atoms with Crippen LogP contribution in [-0.4, -0.2) is 43.7 Å². The van der Waals surface area contributed by atoms with Crippen LogP contribution in [0.1, 0.15) is 31.2 Å². The van der Waals surface area contributed by atoms with Gasteiger partial charge in [-0.1, -0.05) is 12.1 Å². The molecule has 0 saturated heterocycles. The van der Waals surface area contributed by atoms with Gasteiger partial charge in [0.05, 0.1) is 18.1 Å². The Morgan fingerprint density at radius 1 is 1.17 bits per heavy atom. The lowest BCUT2D eigenvalue weighted by atomic mass is 9.92. The fraction of sp³-hybridized carbons (Fsp3) is 0.381. The van der Waals surface area contributed by atoms with Crippen LogP contribution in [0.3, 0.4) is 0 Å². The predicted octanol–water partition coefficient (Wildman–Crippen LogP) is 2.68. The number of hydrogen-bond donors (Lipinski definition) is 3. The SMILES string of the molecule is COc1cccc(CN(C(=O)Nc2ccc(S(N)(=O)=O)cc2)C2CCC(O)CC2)c1. The number of aliphatic hydroxyl groups is 1. The van der Waals surface area contributed by atoms with Crippen LogP contribution < -0.4 is 15.2 Å². The minimum Gasteiger partial charge on any atom is -0.497 e. The van der Waals surface area contributed by atoms with E-state index in [4.69, 9.17) is 9.88 Å². The zero-order valence-corrected chi connectivity index (χ0v) is 17.6. The van der Waals surface area contributed by atoms with E-state index in [0.717, 1.165) is 5.56 Å². The second-order valence-electron chi connectivity index (χ2n) is 7.44. The summed E-state index contributed by atoms with van der Waals surface area (Å²) < 4.78 is 28.1. The van der Waals surface area contributed by atoms with Crippen molar-refractivity contribution >= 4 is 21.7 Å². The van der Waals surface area contributed by atoms with Crippen molar-refractivity contribution in [3.05, 3.63) is 54.1 Å². The highest BCUT2D eigenvalue weighted by atomic mass is 32.2. The normalized spacial score (nSPS) is 19.2. The third-order valence-electron chi connectivity index (χ3n) is 5.29. The quantitative estimate of drug-likeness (QED) is 0.646. The Bertz CT molecular complexity index is 970. The molecule has 0 aliphatic heterocycles. The van der Waals surface area contributed by atoms with Crippen LogP contribution in [0.4, 0.5) is 10.5 Å². The smallest absolute Gasteiger partial charge is 0.322 e. The van der Waals surface area contributed by atoms with Gasteiger partial charge < -0.3 is 20.1 Å². The molecule has 2 aromatic rings. The molecule has 0 bridgehead atoms. The van der Waals surface area contributed by atoms with Gasteiger partial charge in [-0.05, 0) is 67.6 Å². The first-order chi connectivity index (χ1) is 14.3. The fourth-order valence-electron chi connectivity index (χ4n) is 3.63. The molecule has 0 heterocycles. The van der Waals surface area contributed by atoms with Crippen LogP contribution >= 0.6 is 0 Å². The van der Waals surface area contributed by atoms with Crippen molar-refractivity contribution in [3.8, 4) is 5.75 Å². The lowest BCUT2D eigenvalue weighted by molar-refractivity contribution is 0.0849. The zero-order valence-electron chi connectivity index (χ0n) is 16.8. The van der Waals surface area contributed by atoms with Gasteiger partial charge in [-0.2, -0.15) is 0 Å². The fourth-order valence-corrected chi connectivity index (χ4v) is 4.14. The van der Waals surface area contributed by atoms with Gasteiger partial charge in [0.1, 0.15) is 5.75 Å². The number of urea groups is 1. The molecule has 0 atom stereocenters. The van der Waals surface area contributed by atoms with Crippen molar-refractivity contribution in [1.29, 1.82) is 0 Å². The molecule has 2 amide bonds. The van der Waals surface area contributed by atoms with Gasteiger partial charge in [0, 0.05) is 18.3 Å². The summed E-state index contributed by atoms with van der Waals surface area (Å²) >= 11 is 0. The zero-order chi connectivity index (χ0) is 21.7. The Balaban J connectivity index is 1.78. The number of aliphatic hydroxyl groups excluding tert-OH is 1. The molecule has 162 valence electrons. The summed E-state index contributed by atoms with van der Waals surface area (Å²) in [6.45, 7) is 0.388. The number of carbonyl (C=O) groups excluding carboxylic acids is 1. The van der Waals surface area contributed by atoms with E-state index in [1.165, 1.54) is 24.3 Å². The highest BCUT2D eigenvalue weighted by molar-refractivity contribution is 7.89. The highest BCUT2D eigenvalue weighted by Gasteiger charge is 2.28. The molecule has 3 rings (SSSR count). The number of carbonyl (C=O) groups is 1. The number of ether oxygens (including phenoxy) is 1. The van der Waals surface area contributed by atoms with E-state index in [-0.39, 0.29) is 23.1 Å². The van der Waals surface area contributed by atoms with Crippen molar-refractivity contribution in [2.45, 2.75) is 49.3 Å². The highest BCUT2D eigenvalue weighted by Crippen LogP contribution is 2.26. The van der Waals surface area contributed by atoms with Crippen LogP contribution in [-0.2, 0) is 16.6 Å². The van der Waals surface area contributed by atoms with Gasteiger partial charge in [0.25, 0.3) is 0 Å². The van der Waals surface area contributed by atoms with Crippen LogP contribution in [0.15, 0.2) is 53.4 Å². The van der Waals surface area contributed by atoms with E-state index in [1.807, 2.05) is 24.3 Å². The van der Waals surface area contributed by atoms with Crippen molar-refractivity contribution < 1.29 is 23.1 Å². The summed E-state index contributed by atoms with van der Waals surface area (Å²) in [6, 6.07) is 13.0. The summed E-state index contributed by atoms with van der Waals surface area (Å²) in [5.41, 5.74) is 1.40. The number of anilines is 1. The second-order valence-corrected chi connectivity index (χ2v) is 9.00. The van der Waals surface area contributed by atoms with E-state index in [1.54, 1.807) is 12.0 Å². The van der Waals surface area contributed by atoms with E-state index < -0.39 is 10.0 Å². The Morgan fingerprint density at radius 2 is 1.83 bits per heavy atom. The molecular formula is C21H27N3O5S. The van der Waals surface area contributed by atoms with E-state index in [9.17, 15) is 18.3 Å². The molecule has 1 fully saturated rings. The first-order valence-corrected chi connectivity index (χ1v) is 11.3. The molecule has 0 spiro atoms. The molecule has 8 nitrogen and oxygen atoms in total. The maximum Gasteiger partial charge on any atom is 0.322 e. The maximum atomic E-state index is 13.1. The minimum atomic E-state index is -3.79. The second kappa shape index (κ2) is 9.46. The van der Waals surface area contributed by atoms with Crippen LogP contribution in [0.25, 0.3) is 0 Å². The number of nitrogens with two attached hydrogens (primary N) is 1. The molecule has 1 aliphatic rings. The minimum absolute atomic E-state index is 0.0108. The summed E-state index contributed by atoms with van der Waals surface area (Å²) in [7, 11) is -2.20. The molecule has 0 radical (unpaired) electrons. The molecule has 4 N–H and O–H groups in total. The van der Waals surface area contributed by atoms with Gasteiger partial charge in [-0.25, -0.2) is 18.4 Å². The predicted molar refractivity (Wildman–Crippen MR) is 114 cm³/mol. The molecule has 1 aliphatic carbocycles. The number of nitrogens with zero attached hydrogens (tertiary/aromatic N) is 1. The summed E-state index contributed by atoms with van der Waals surface area (Å²) in [4.78, 5) is 14.9. The molecule has 1 saturated carbocycles. The maximum absolute atomic E-state index is 13.1. The third kappa shape index (κ3) is 5.71. The molecule has 9 heteroatoms. The largest absolute Gasteiger partial charge is 0.497 e. The number of benzene rings is 2. The average molecular weight is 434 g/mol. The summed E-state index contributed by atoms with van der Waals surface area (Å²) in [6.07, 6.45) is 2.39. The number of rotatable bonds is 6. The molecule has 30 heavy (non-hydrogen) atoms. The summed E-state index contributed by atoms with van der Waals surface area (Å²) in [5, 5.41) is 17.8. The van der Waals surface area contributed by atoms with Crippen molar-refractivity contribution in [3.63, 3.8) is 0 Å². The average Bonchev–Trinajstić information content (AvgIpc) is 2.72. The number of hydrogen-bond acceptors (Lipinski definition) is 5. The number of sulfonamides is 1.